The van der Waals surface area contributed by atoms with Gasteiger partial charge in [-0.2, -0.15) is 0 Å². The van der Waals surface area contributed by atoms with E-state index in [-0.39, 0.29) is 11.1 Å². The molecule has 0 aliphatic rings. The molecule has 0 aliphatic carbocycles. The van der Waals surface area contributed by atoms with E-state index in [1.54, 1.807) is 0 Å². The summed E-state index contributed by atoms with van der Waals surface area (Å²) in [6.45, 7) is 0. The van der Waals surface area contributed by atoms with E-state index in [2.05, 4.69) is 63.7 Å². The van der Waals surface area contributed by atoms with Crippen LogP contribution in [-0.2, 0) is 0 Å². The largest absolute Gasteiger partial charge is 0.144 e. The second-order valence-electron chi connectivity index (χ2n) is 1.27. The zero-order chi connectivity index (χ0) is 10.4. The van der Waals surface area contributed by atoms with Crippen molar-refractivity contribution in [3.05, 3.63) is 8.98 Å². The standard InChI is InChI=1S/C2H2Br4.C2Cl4/c3-1-2(4,5)6;3-1(4)2(5)6/h1H2;. The SMILES string of the molecule is BrCC(Br)(Br)Br.ClC(Cl)=C(Cl)Cl. The highest BCUT2D eigenvalue weighted by Crippen LogP contribution is 2.34. The topological polar surface area (TPSA) is 0 Å². The van der Waals surface area contributed by atoms with Gasteiger partial charge in [0.25, 0.3) is 0 Å². The van der Waals surface area contributed by atoms with E-state index in [4.69, 9.17) is 46.4 Å². The lowest BCUT2D eigenvalue weighted by Crippen LogP contribution is -1.97. The first kappa shape index (κ1) is 17.2. The van der Waals surface area contributed by atoms with E-state index in [1.807, 2.05) is 0 Å². The molecule has 0 N–H and O–H groups in total. The third-order valence-electron chi connectivity index (χ3n) is 0.294. The number of rotatable bonds is 0. The number of halogens is 8. The molecule has 0 rings (SSSR count). The smallest absolute Gasteiger partial charge is 0.0894 e. The van der Waals surface area contributed by atoms with Gasteiger partial charge >= 0.3 is 0 Å². The summed E-state index contributed by atoms with van der Waals surface area (Å²) < 4.78 is -0.302. The van der Waals surface area contributed by atoms with Crippen molar-refractivity contribution in [1.29, 1.82) is 0 Å². The van der Waals surface area contributed by atoms with Gasteiger partial charge in [0.2, 0.25) is 0 Å². The quantitative estimate of drug-likeness (QED) is 0.336. The van der Waals surface area contributed by atoms with Crippen LogP contribution in [0.5, 0.6) is 0 Å². The number of alkyl halides is 4. The maximum absolute atomic E-state index is 4.99. The van der Waals surface area contributed by atoms with Crippen LogP contribution < -0.4 is 0 Å². The van der Waals surface area contributed by atoms with Gasteiger partial charge in [0.15, 0.2) is 0 Å². The van der Waals surface area contributed by atoms with Crippen molar-refractivity contribution < 1.29 is 0 Å². The van der Waals surface area contributed by atoms with Gasteiger partial charge in [-0.25, -0.2) is 0 Å². The van der Waals surface area contributed by atoms with Gasteiger partial charge in [0.05, 0.1) is 0 Å². The highest BCUT2D eigenvalue weighted by molar-refractivity contribution is 9.40. The van der Waals surface area contributed by atoms with E-state index in [9.17, 15) is 0 Å². The Morgan fingerprint density at radius 2 is 1.08 bits per heavy atom. The first-order chi connectivity index (χ1) is 5.20. The summed E-state index contributed by atoms with van der Waals surface area (Å²) in [6.07, 6.45) is 0. The second kappa shape index (κ2) is 9.08. The average molecular weight is 511 g/mol. The molecular formula is C4H2Br4Cl4. The molecule has 0 aromatic heterocycles. The molecule has 0 nitrogen and oxygen atoms in total. The van der Waals surface area contributed by atoms with Crippen LogP contribution >= 0.6 is 110 Å². The number of hydrogen-bond donors (Lipinski definition) is 0. The summed E-state index contributed by atoms with van der Waals surface area (Å²) in [4.78, 5) is 0. The Bertz CT molecular complexity index is 134. The van der Waals surface area contributed by atoms with E-state index < -0.39 is 0 Å². The van der Waals surface area contributed by atoms with Crippen molar-refractivity contribution in [3.63, 3.8) is 0 Å². The van der Waals surface area contributed by atoms with E-state index in [0.717, 1.165) is 5.33 Å². The fourth-order valence-electron chi connectivity index (χ4n) is 0. The molecule has 8 heteroatoms. The summed E-state index contributed by atoms with van der Waals surface area (Å²) in [7, 11) is 0. The van der Waals surface area contributed by atoms with Crippen molar-refractivity contribution in [2.75, 3.05) is 5.33 Å². The van der Waals surface area contributed by atoms with Crippen molar-refractivity contribution in [2.45, 2.75) is 2.14 Å². The zero-order valence-electron chi connectivity index (χ0n) is 5.23. The Morgan fingerprint density at radius 3 is 1.08 bits per heavy atom. The third-order valence-corrected chi connectivity index (χ3v) is 5.38. The van der Waals surface area contributed by atoms with Crippen molar-refractivity contribution in [2.24, 2.45) is 0 Å². The lowest BCUT2D eigenvalue weighted by Gasteiger charge is -2.03. The van der Waals surface area contributed by atoms with Crippen LogP contribution in [0.4, 0.5) is 0 Å². The minimum Gasteiger partial charge on any atom is -0.0894 e. The van der Waals surface area contributed by atoms with E-state index >= 15 is 0 Å². The average Bonchev–Trinajstić information content (AvgIpc) is 1.87. The summed E-state index contributed by atoms with van der Waals surface area (Å²) >= 11 is 33.0. The molecule has 0 fully saturated rings. The number of hydrogen-bond acceptors (Lipinski definition) is 0. The predicted molar refractivity (Wildman–Crippen MR) is 73.7 cm³/mol. The minimum absolute atomic E-state index is 0.0988. The Morgan fingerprint density at radius 1 is 0.917 bits per heavy atom. The van der Waals surface area contributed by atoms with Gasteiger partial charge < -0.3 is 0 Å². The molecular weight excluding hydrogens is 509 g/mol. The maximum Gasteiger partial charge on any atom is 0.144 e. The van der Waals surface area contributed by atoms with Gasteiger partial charge in [-0.1, -0.05) is 110 Å². The molecule has 0 aliphatic heterocycles. The van der Waals surface area contributed by atoms with Gasteiger partial charge in [-0.05, 0) is 0 Å². The van der Waals surface area contributed by atoms with E-state index in [0.29, 0.717) is 0 Å². The summed E-state index contributed by atoms with van der Waals surface area (Å²) in [5.74, 6) is 0. The van der Waals surface area contributed by atoms with E-state index in [1.165, 1.54) is 0 Å². The van der Waals surface area contributed by atoms with Gasteiger partial charge in [0.1, 0.15) is 11.1 Å². The summed E-state index contributed by atoms with van der Waals surface area (Å²) in [5.41, 5.74) is 0. The normalized spacial score (nSPS) is 10.0. The van der Waals surface area contributed by atoms with Crippen LogP contribution in [0.2, 0.25) is 0 Å². The lowest BCUT2D eigenvalue weighted by atomic mass is 11.0. The summed E-state index contributed by atoms with van der Waals surface area (Å²) in [6, 6.07) is 0. The van der Waals surface area contributed by atoms with Crippen LogP contribution in [0.25, 0.3) is 0 Å². The Balaban J connectivity index is 0. The molecule has 0 radical (unpaired) electrons. The fourth-order valence-corrected chi connectivity index (χ4v) is 0. The minimum atomic E-state index is -0.104. The van der Waals surface area contributed by atoms with Crippen molar-refractivity contribution in [1.82, 2.24) is 0 Å². The molecule has 0 saturated heterocycles. The van der Waals surface area contributed by atoms with Crippen LogP contribution in [0.3, 0.4) is 0 Å². The molecule has 0 heterocycles. The molecule has 0 aromatic rings. The Labute approximate surface area is 125 Å². The lowest BCUT2D eigenvalue weighted by molar-refractivity contribution is 1.46. The molecule has 74 valence electrons. The third kappa shape index (κ3) is 18.6. The van der Waals surface area contributed by atoms with Gasteiger partial charge in [-0.3, -0.25) is 0 Å². The van der Waals surface area contributed by atoms with Gasteiger partial charge in [-0.15, -0.1) is 0 Å². The zero-order valence-corrected chi connectivity index (χ0v) is 14.6. The highest BCUT2D eigenvalue weighted by atomic mass is 80.0. The Kier molecular flexibility index (Phi) is 13.0. The Hall–Kier alpha value is 2.82. The van der Waals surface area contributed by atoms with Crippen LogP contribution in [0.15, 0.2) is 8.98 Å². The molecule has 0 spiro atoms. The molecule has 0 atom stereocenters. The fraction of sp³-hybridized carbons (Fsp3) is 0.500. The molecule has 0 amide bonds. The molecule has 12 heavy (non-hydrogen) atoms. The van der Waals surface area contributed by atoms with Crippen LogP contribution in [-0.4, -0.2) is 7.47 Å². The monoisotopic (exact) mass is 506 g/mol. The van der Waals surface area contributed by atoms with Crippen molar-refractivity contribution >= 4 is 110 Å². The molecule has 0 bridgehead atoms. The summed E-state index contributed by atoms with van der Waals surface area (Å²) in [5, 5.41) is 0.833. The highest BCUT2D eigenvalue weighted by Gasteiger charge is 2.13. The molecule has 0 saturated carbocycles. The first-order valence-electron chi connectivity index (χ1n) is 2.19. The molecule has 0 unspecified atom stereocenters. The molecule has 0 aromatic carbocycles. The van der Waals surface area contributed by atoms with Crippen LogP contribution in [0, 0.1) is 0 Å². The maximum atomic E-state index is 4.99. The first-order valence-corrected chi connectivity index (χ1v) is 7.21. The van der Waals surface area contributed by atoms with Gasteiger partial charge in [0, 0.05) is 5.33 Å². The van der Waals surface area contributed by atoms with Crippen molar-refractivity contribution in [3.8, 4) is 0 Å². The predicted octanol–water partition coefficient (Wildman–Crippen LogP) is 6.29. The second-order valence-corrected chi connectivity index (χ2v) is 11.0. The van der Waals surface area contributed by atoms with Crippen LogP contribution in [0.1, 0.15) is 0 Å².